The quantitative estimate of drug-likeness (QED) is 0.486. The van der Waals surface area contributed by atoms with Gasteiger partial charge in [-0.05, 0) is 6.42 Å². The highest BCUT2D eigenvalue weighted by atomic mass is 16.2. The summed E-state index contributed by atoms with van der Waals surface area (Å²) in [6.07, 6.45) is -0.409. The van der Waals surface area contributed by atoms with Gasteiger partial charge >= 0.3 is 6.03 Å². The Morgan fingerprint density at radius 3 is 1.96 bits per heavy atom. The fraction of sp³-hybridized carbons (Fsp3) is 0.562. The highest BCUT2D eigenvalue weighted by Crippen LogP contribution is 2.37. The molecule has 1 rings (SSSR count). The molecule has 0 spiro atoms. The predicted octanol–water partition coefficient (Wildman–Crippen LogP) is 1.21. The molecule has 0 saturated carbocycles. The fourth-order valence-electron chi connectivity index (χ4n) is 2.70. The van der Waals surface area contributed by atoms with Gasteiger partial charge in [0.1, 0.15) is 12.0 Å². The fourth-order valence-corrected chi connectivity index (χ4v) is 2.70. The maximum atomic E-state index is 12.9. The van der Waals surface area contributed by atoms with Crippen molar-refractivity contribution in [2.24, 2.45) is 5.41 Å². The average molecular weight is 340 g/mol. The Hall–Kier alpha value is -3.43. The number of hydrogen-bond donors (Lipinski definition) is 0. The second-order valence-electron chi connectivity index (χ2n) is 5.36. The van der Waals surface area contributed by atoms with Gasteiger partial charge in [-0.1, -0.05) is 0 Å². The number of carbonyl (C=O) groups excluding carboxylic acids is 3. The van der Waals surface area contributed by atoms with Gasteiger partial charge < -0.3 is 9.69 Å². The number of imide groups is 2. The van der Waals surface area contributed by atoms with Crippen LogP contribution in [0, 0.1) is 41.2 Å². The lowest BCUT2D eigenvalue weighted by Gasteiger charge is -2.42. The smallest absolute Gasteiger partial charge is 0.317 e. The van der Waals surface area contributed by atoms with Crippen LogP contribution in [0.2, 0.25) is 0 Å². The molecule has 0 aliphatic carbocycles. The molecule has 1 aliphatic rings. The molecule has 0 bridgehead atoms. The zero-order chi connectivity index (χ0) is 18.9. The monoisotopic (exact) mass is 340 g/mol. The van der Waals surface area contributed by atoms with Gasteiger partial charge in [-0.15, -0.1) is 0 Å². The molecule has 128 valence electrons. The summed E-state index contributed by atoms with van der Waals surface area (Å²) in [5.41, 5.74) is -1.67. The Kier molecular flexibility index (Phi) is 7.07. The Bertz CT molecular complexity index is 658. The second-order valence-corrected chi connectivity index (χ2v) is 5.36. The van der Waals surface area contributed by atoms with E-state index in [2.05, 4.69) is 9.69 Å². The molecule has 9 heteroatoms. The molecule has 9 nitrogen and oxygen atoms in total. The summed E-state index contributed by atoms with van der Waals surface area (Å²) < 4.78 is 0. The molecule has 1 saturated heterocycles. The number of nitrogens with zero attached hydrogens (tertiary/aromatic N) is 6. The average Bonchev–Trinajstić information content (AvgIpc) is 2.61. The summed E-state index contributed by atoms with van der Waals surface area (Å²) >= 11 is 0. The topological polar surface area (TPSA) is 114 Å². The van der Waals surface area contributed by atoms with E-state index in [0.29, 0.717) is 0 Å². The molecule has 0 aromatic rings. The Morgan fingerprint density at radius 2 is 1.44 bits per heavy atom. The van der Waals surface area contributed by atoms with Gasteiger partial charge in [-0.2, -0.15) is 10.5 Å². The zero-order valence-corrected chi connectivity index (χ0v) is 13.6. The summed E-state index contributed by atoms with van der Waals surface area (Å²) in [5, 5.41) is 17.6. The van der Waals surface area contributed by atoms with Crippen LogP contribution in [0.1, 0.15) is 25.7 Å². The lowest BCUT2D eigenvalue weighted by molar-refractivity contribution is -0.159. The molecule has 25 heavy (non-hydrogen) atoms. The lowest BCUT2D eigenvalue weighted by atomic mass is 9.75. The van der Waals surface area contributed by atoms with E-state index in [-0.39, 0.29) is 51.9 Å². The molecule has 0 aromatic carbocycles. The molecule has 0 aromatic heterocycles. The van der Waals surface area contributed by atoms with Gasteiger partial charge in [-0.3, -0.25) is 19.4 Å². The van der Waals surface area contributed by atoms with E-state index in [9.17, 15) is 14.4 Å². The molecule has 1 heterocycles. The first-order chi connectivity index (χ1) is 12.0. The van der Waals surface area contributed by atoms with Gasteiger partial charge in [0.25, 0.3) is 0 Å². The van der Waals surface area contributed by atoms with Gasteiger partial charge in [-0.25, -0.2) is 17.9 Å². The summed E-state index contributed by atoms with van der Waals surface area (Å²) in [7, 11) is 0. The third-order valence-corrected chi connectivity index (χ3v) is 3.97. The standard InChI is InChI=1S/C16H16N6O3/c1-19-9-6-16(5-3-7-17)13(23)21(11-4-8-18)15(25)22(14(16)24)12-10-20-2/h3-6,9-12H2. The van der Waals surface area contributed by atoms with Crippen LogP contribution in [0.5, 0.6) is 0 Å². The normalized spacial score (nSPS) is 19.8. The first-order valence-electron chi connectivity index (χ1n) is 7.58. The molecule has 1 aliphatic heterocycles. The van der Waals surface area contributed by atoms with Crippen LogP contribution in [0.15, 0.2) is 0 Å². The van der Waals surface area contributed by atoms with Gasteiger partial charge in [0.15, 0.2) is 0 Å². The van der Waals surface area contributed by atoms with Crippen molar-refractivity contribution in [3.8, 4) is 12.1 Å². The molecular weight excluding hydrogens is 324 g/mol. The van der Waals surface area contributed by atoms with Crippen molar-refractivity contribution in [1.29, 1.82) is 10.5 Å². The van der Waals surface area contributed by atoms with E-state index >= 15 is 0 Å². The van der Waals surface area contributed by atoms with Crippen LogP contribution in [-0.4, -0.2) is 53.8 Å². The van der Waals surface area contributed by atoms with E-state index in [0.717, 1.165) is 9.80 Å². The van der Waals surface area contributed by atoms with Crippen molar-refractivity contribution in [3.63, 3.8) is 0 Å². The van der Waals surface area contributed by atoms with Gasteiger partial charge in [0, 0.05) is 19.4 Å². The van der Waals surface area contributed by atoms with Gasteiger partial charge in [0.05, 0.1) is 18.6 Å². The summed E-state index contributed by atoms with van der Waals surface area (Å²) in [6, 6.07) is 2.86. The van der Waals surface area contributed by atoms with E-state index in [1.807, 2.05) is 12.1 Å². The van der Waals surface area contributed by atoms with Crippen molar-refractivity contribution in [2.45, 2.75) is 25.7 Å². The predicted molar refractivity (Wildman–Crippen MR) is 83.9 cm³/mol. The molecule has 1 fully saturated rings. The maximum Gasteiger partial charge on any atom is 0.333 e. The van der Waals surface area contributed by atoms with E-state index < -0.39 is 23.3 Å². The third kappa shape index (κ3) is 3.91. The minimum Gasteiger partial charge on any atom is -0.317 e. The first kappa shape index (κ1) is 19.6. The molecule has 1 atom stereocenters. The molecule has 0 radical (unpaired) electrons. The minimum absolute atomic E-state index is 0.0909. The second kappa shape index (κ2) is 9.01. The number of nitriles is 2. The van der Waals surface area contributed by atoms with E-state index in [4.69, 9.17) is 23.7 Å². The lowest BCUT2D eigenvalue weighted by Crippen LogP contribution is -2.65. The largest absolute Gasteiger partial charge is 0.333 e. The van der Waals surface area contributed by atoms with Crippen LogP contribution in [-0.2, 0) is 9.59 Å². The highest BCUT2D eigenvalue weighted by Gasteiger charge is 2.57. The SMILES string of the molecule is [C-]#[N+]CCN1C(=O)N(CCC#N)C(=O)C(CCC#N)(CC[N+]#[C-])C1=O. The number of amides is 4. The first-order valence-corrected chi connectivity index (χ1v) is 7.58. The third-order valence-electron chi connectivity index (χ3n) is 3.97. The Morgan fingerprint density at radius 1 is 0.880 bits per heavy atom. The molecule has 4 amide bonds. The Labute approximate surface area is 145 Å². The van der Waals surface area contributed by atoms with Crippen LogP contribution < -0.4 is 0 Å². The van der Waals surface area contributed by atoms with E-state index in [1.165, 1.54) is 0 Å². The van der Waals surface area contributed by atoms with Crippen molar-refractivity contribution >= 4 is 17.8 Å². The molecule has 1 unspecified atom stereocenters. The van der Waals surface area contributed by atoms with E-state index in [1.54, 1.807) is 0 Å². The number of rotatable bonds is 8. The summed E-state index contributed by atoms with van der Waals surface area (Å²) in [4.78, 5) is 46.2. The number of hydrogen-bond acceptors (Lipinski definition) is 5. The van der Waals surface area contributed by atoms with Crippen molar-refractivity contribution in [2.75, 3.05) is 26.2 Å². The van der Waals surface area contributed by atoms with Crippen molar-refractivity contribution in [3.05, 3.63) is 22.8 Å². The number of urea groups is 1. The number of barbiturate groups is 1. The minimum atomic E-state index is -1.67. The van der Waals surface area contributed by atoms with Crippen LogP contribution in [0.3, 0.4) is 0 Å². The van der Waals surface area contributed by atoms with Crippen molar-refractivity contribution in [1.82, 2.24) is 9.80 Å². The van der Waals surface area contributed by atoms with Crippen LogP contribution in [0.25, 0.3) is 9.69 Å². The summed E-state index contributed by atoms with van der Waals surface area (Å²) in [6.45, 7) is 13.2. The zero-order valence-electron chi connectivity index (χ0n) is 13.6. The van der Waals surface area contributed by atoms with Crippen LogP contribution >= 0.6 is 0 Å². The van der Waals surface area contributed by atoms with Gasteiger partial charge in [0.2, 0.25) is 24.9 Å². The number of carbonyl (C=O) groups is 3. The van der Waals surface area contributed by atoms with Crippen LogP contribution in [0.4, 0.5) is 4.79 Å². The summed E-state index contributed by atoms with van der Waals surface area (Å²) in [5.74, 6) is -1.53. The molecular formula is C16H16N6O3. The maximum absolute atomic E-state index is 12.9. The molecule has 0 N–H and O–H groups in total. The highest BCUT2D eigenvalue weighted by molar-refractivity contribution is 6.19. The van der Waals surface area contributed by atoms with Crippen molar-refractivity contribution < 1.29 is 14.4 Å². The Balaban J connectivity index is 3.35.